The molecule has 1 unspecified atom stereocenters. The fourth-order valence-corrected chi connectivity index (χ4v) is 1.00. The molecule has 0 aromatic rings. The fraction of sp³-hybridized carbons (Fsp3) is 0.875. The molecule has 5 N–H and O–H groups in total. The van der Waals surface area contributed by atoms with Gasteiger partial charge in [-0.25, -0.2) is 4.84 Å². The summed E-state index contributed by atoms with van der Waals surface area (Å²) < 4.78 is 4.83. The van der Waals surface area contributed by atoms with Crippen molar-refractivity contribution in [2.75, 3.05) is 19.7 Å². The zero-order chi connectivity index (χ0) is 10.8. The lowest BCUT2D eigenvalue weighted by atomic mass is 10.1. The minimum atomic E-state index is -0.545. The van der Waals surface area contributed by atoms with Gasteiger partial charge in [0.05, 0.1) is 0 Å². The molecule has 5 nitrogen and oxygen atoms in total. The number of rotatable bonds is 8. The number of unbranched alkanes of at least 4 members (excludes halogenated alkanes) is 1. The molecule has 0 bridgehead atoms. The summed E-state index contributed by atoms with van der Waals surface area (Å²) in [4.78, 5) is 13.5. The highest BCUT2D eigenvalue weighted by Gasteiger charge is 2.13. The Bertz CT molecular complexity index is 158. The van der Waals surface area contributed by atoms with Crippen molar-refractivity contribution < 1.29 is 9.53 Å². The van der Waals surface area contributed by atoms with Crippen molar-refractivity contribution in [3.8, 4) is 0 Å². The number of halogens is 1. The third-order valence-electron chi connectivity index (χ3n) is 1.71. The van der Waals surface area contributed by atoms with Crippen LogP contribution in [-0.2, 0) is 9.53 Å². The second-order valence-corrected chi connectivity index (χ2v) is 3.21. The molecular formula is C8H18ClN3O2. The summed E-state index contributed by atoms with van der Waals surface area (Å²) in [5.41, 5.74) is 10.9. The number of nitrogens with one attached hydrogen (secondary N) is 1. The van der Waals surface area contributed by atoms with E-state index in [1.165, 1.54) is 0 Å². The van der Waals surface area contributed by atoms with E-state index in [1.807, 2.05) is 0 Å². The molecule has 0 fully saturated rings. The molecule has 14 heavy (non-hydrogen) atoms. The molecule has 0 amide bonds. The van der Waals surface area contributed by atoms with Crippen LogP contribution in [0.25, 0.3) is 0 Å². The number of nitrogens with two attached hydrogens (primary N) is 2. The Morgan fingerprint density at radius 3 is 2.79 bits per heavy atom. The Labute approximate surface area is 89.2 Å². The lowest BCUT2D eigenvalue weighted by Gasteiger charge is -2.10. The summed E-state index contributed by atoms with van der Waals surface area (Å²) >= 11 is 5.18. The Morgan fingerprint density at radius 1 is 1.50 bits per heavy atom. The molecule has 84 valence electrons. The monoisotopic (exact) mass is 223 g/mol. The smallest absolute Gasteiger partial charge is 0.322 e. The van der Waals surface area contributed by atoms with E-state index in [-0.39, 0.29) is 12.6 Å². The molecule has 0 saturated heterocycles. The van der Waals surface area contributed by atoms with E-state index >= 15 is 0 Å². The molecule has 0 rings (SSSR count). The van der Waals surface area contributed by atoms with Crippen molar-refractivity contribution >= 4 is 17.7 Å². The number of esters is 1. The van der Waals surface area contributed by atoms with Gasteiger partial charge in [0.1, 0.15) is 12.6 Å². The zero-order valence-corrected chi connectivity index (χ0v) is 8.93. The quantitative estimate of drug-likeness (QED) is 0.299. The van der Waals surface area contributed by atoms with Gasteiger partial charge in [-0.05, 0) is 31.2 Å². The van der Waals surface area contributed by atoms with Crippen LogP contribution in [0.5, 0.6) is 0 Å². The second-order valence-electron chi connectivity index (χ2n) is 2.94. The molecule has 1 atom stereocenters. The molecular weight excluding hydrogens is 206 g/mol. The van der Waals surface area contributed by atoms with Crippen LogP contribution < -0.4 is 16.3 Å². The lowest BCUT2D eigenvalue weighted by Crippen LogP contribution is -2.33. The topological polar surface area (TPSA) is 90.4 Å². The Kier molecular flexibility index (Phi) is 8.97. The predicted octanol–water partition coefficient (Wildman–Crippen LogP) is -0.271. The molecule has 0 aliphatic carbocycles. The third kappa shape index (κ3) is 7.08. The van der Waals surface area contributed by atoms with Crippen LogP contribution in [0.3, 0.4) is 0 Å². The summed E-state index contributed by atoms with van der Waals surface area (Å²) in [5.74, 6) is -0.381. The van der Waals surface area contributed by atoms with Gasteiger partial charge >= 0.3 is 5.97 Å². The van der Waals surface area contributed by atoms with Gasteiger partial charge in [-0.2, -0.15) is 0 Å². The summed E-state index contributed by atoms with van der Waals surface area (Å²) in [6.07, 6.45) is 2.34. The number of hydrogen-bond donors (Lipinski definition) is 3. The van der Waals surface area contributed by atoms with Gasteiger partial charge in [0.15, 0.2) is 0 Å². The average molecular weight is 224 g/mol. The highest BCUT2D eigenvalue weighted by Crippen LogP contribution is 1.99. The standard InChI is InChI=1S/C8H18ClN3O2/c9-12-5-6-14-8(13)7(11)3-1-2-4-10/h7,12H,1-6,10-11H2. The second kappa shape index (κ2) is 9.21. The van der Waals surface area contributed by atoms with Crippen LogP contribution in [0.15, 0.2) is 0 Å². The van der Waals surface area contributed by atoms with Crippen molar-refractivity contribution in [1.82, 2.24) is 4.84 Å². The Hall–Kier alpha value is -0.360. The predicted molar refractivity (Wildman–Crippen MR) is 55.7 cm³/mol. The van der Waals surface area contributed by atoms with Gasteiger partial charge in [0.25, 0.3) is 0 Å². The van der Waals surface area contributed by atoms with Gasteiger partial charge in [-0.15, -0.1) is 0 Å². The van der Waals surface area contributed by atoms with E-state index in [0.29, 0.717) is 19.5 Å². The first-order valence-electron chi connectivity index (χ1n) is 4.68. The minimum absolute atomic E-state index is 0.243. The molecule has 0 radical (unpaired) electrons. The number of hydrogen-bond acceptors (Lipinski definition) is 5. The van der Waals surface area contributed by atoms with Crippen LogP contribution in [-0.4, -0.2) is 31.7 Å². The molecule has 0 aromatic carbocycles. The molecule has 0 aromatic heterocycles. The van der Waals surface area contributed by atoms with Gasteiger partial charge in [0, 0.05) is 6.54 Å². The van der Waals surface area contributed by atoms with Crippen molar-refractivity contribution in [3.05, 3.63) is 0 Å². The Morgan fingerprint density at radius 2 is 2.21 bits per heavy atom. The van der Waals surface area contributed by atoms with Crippen LogP contribution >= 0.6 is 11.8 Å². The summed E-state index contributed by atoms with van der Waals surface area (Å²) in [6.45, 7) is 1.29. The van der Waals surface area contributed by atoms with Gasteiger partial charge < -0.3 is 16.2 Å². The molecule has 0 aliphatic heterocycles. The van der Waals surface area contributed by atoms with E-state index in [4.69, 9.17) is 28.0 Å². The zero-order valence-electron chi connectivity index (χ0n) is 8.17. The highest BCUT2D eigenvalue weighted by molar-refractivity contribution is 6.13. The van der Waals surface area contributed by atoms with Crippen molar-refractivity contribution in [3.63, 3.8) is 0 Å². The van der Waals surface area contributed by atoms with Gasteiger partial charge in [-0.3, -0.25) is 4.79 Å². The fourth-order valence-electron chi connectivity index (χ4n) is 0.924. The molecule has 0 aliphatic rings. The maximum atomic E-state index is 11.2. The Balaban J connectivity index is 3.44. The summed E-state index contributed by atoms with van der Waals surface area (Å²) in [7, 11) is 0. The number of carbonyl (C=O) groups excluding carboxylic acids is 1. The maximum Gasteiger partial charge on any atom is 0.322 e. The number of ether oxygens (including phenoxy) is 1. The SMILES string of the molecule is NCCCCC(N)C(=O)OCCNCl. The van der Waals surface area contributed by atoms with Crippen LogP contribution in [0.1, 0.15) is 19.3 Å². The first kappa shape index (κ1) is 13.6. The van der Waals surface area contributed by atoms with Crippen LogP contribution in [0.4, 0.5) is 0 Å². The largest absolute Gasteiger partial charge is 0.463 e. The van der Waals surface area contributed by atoms with Crippen molar-refractivity contribution in [2.24, 2.45) is 11.5 Å². The van der Waals surface area contributed by atoms with Crippen LogP contribution in [0.2, 0.25) is 0 Å². The summed E-state index contributed by atoms with van der Waals surface area (Å²) in [5, 5.41) is 0. The van der Waals surface area contributed by atoms with E-state index < -0.39 is 6.04 Å². The molecule has 0 saturated carbocycles. The van der Waals surface area contributed by atoms with Crippen molar-refractivity contribution in [1.29, 1.82) is 0 Å². The summed E-state index contributed by atoms with van der Waals surface area (Å²) in [6, 6.07) is -0.545. The van der Waals surface area contributed by atoms with E-state index in [9.17, 15) is 4.79 Å². The lowest BCUT2D eigenvalue weighted by molar-refractivity contribution is -0.145. The first-order chi connectivity index (χ1) is 6.72. The first-order valence-corrected chi connectivity index (χ1v) is 5.06. The van der Waals surface area contributed by atoms with E-state index in [2.05, 4.69) is 4.84 Å². The minimum Gasteiger partial charge on any atom is -0.463 e. The normalized spacial score (nSPS) is 12.5. The number of carbonyl (C=O) groups is 1. The highest BCUT2D eigenvalue weighted by atomic mass is 35.5. The van der Waals surface area contributed by atoms with E-state index in [1.54, 1.807) is 0 Å². The van der Waals surface area contributed by atoms with Crippen LogP contribution in [0, 0.1) is 0 Å². The van der Waals surface area contributed by atoms with Gasteiger partial charge in [0.2, 0.25) is 0 Å². The maximum absolute atomic E-state index is 11.2. The molecule has 6 heteroatoms. The molecule has 0 spiro atoms. The van der Waals surface area contributed by atoms with Gasteiger partial charge in [-0.1, -0.05) is 6.42 Å². The molecule has 0 heterocycles. The third-order valence-corrected chi connectivity index (χ3v) is 1.90. The van der Waals surface area contributed by atoms with E-state index in [0.717, 1.165) is 12.8 Å². The van der Waals surface area contributed by atoms with Crippen molar-refractivity contribution in [2.45, 2.75) is 25.3 Å². The average Bonchev–Trinajstić information content (AvgIpc) is 2.18.